The van der Waals surface area contributed by atoms with Gasteiger partial charge in [-0.3, -0.25) is 0 Å². The van der Waals surface area contributed by atoms with E-state index >= 15 is 0 Å². The van der Waals surface area contributed by atoms with Crippen molar-refractivity contribution < 1.29 is 13.2 Å². The molecule has 0 aliphatic rings. The van der Waals surface area contributed by atoms with Crippen LogP contribution in [0, 0.1) is 0 Å². The van der Waals surface area contributed by atoms with E-state index in [0.717, 1.165) is 26.8 Å². The minimum atomic E-state index is -4.35. The maximum Gasteiger partial charge on any atom is 0.416 e. The third-order valence-corrected chi connectivity index (χ3v) is 6.25. The zero-order valence-corrected chi connectivity index (χ0v) is 15.1. The molecule has 0 amide bonds. The Morgan fingerprint density at radius 1 is 0.560 bits per heavy atom. The topological polar surface area (TPSA) is 0 Å². The zero-order valence-electron chi connectivity index (χ0n) is 12.7. The summed E-state index contributed by atoms with van der Waals surface area (Å²) in [5.74, 6) is 0. The summed E-state index contributed by atoms with van der Waals surface area (Å²) in [4.78, 5) is 2.72. The lowest BCUT2D eigenvalue weighted by Gasteiger charge is -2.10. The van der Waals surface area contributed by atoms with Crippen LogP contribution in [0.15, 0.2) is 87.5 Å². The number of rotatable bonds is 3. The van der Waals surface area contributed by atoms with Crippen LogP contribution in [0.2, 0.25) is 10.0 Å². The lowest BCUT2D eigenvalue weighted by Crippen LogP contribution is -2.07. The van der Waals surface area contributed by atoms with Crippen LogP contribution in [0.5, 0.6) is 0 Å². The first kappa shape index (κ1) is 18.2. The van der Waals surface area contributed by atoms with Crippen LogP contribution in [0.1, 0.15) is 5.56 Å². The molecule has 6 heteroatoms. The number of hydrogen-bond acceptors (Lipinski definition) is 0. The largest absolute Gasteiger partial charge is 0.416 e. The van der Waals surface area contributed by atoms with Gasteiger partial charge in [0.15, 0.2) is 14.7 Å². The molecule has 25 heavy (non-hydrogen) atoms. The molecule has 0 atom stereocenters. The van der Waals surface area contributed by atoms with Crippen molar-refractivity contribution in [1.29, 1.82) is 0 Å². The molecule has 3 aromatic rings. The van der Waals surface area contributed by atoms with Crippen molar-refractivity contribution in [2.75, 3.05) is 0 Å². The van der Waals surface area contributed by atoms with Crippen molar-refractivity contribution in [3.05, 3.63) is 88.4 Å². The van der Waals surface area contributed by atoms with Crippen molar-refractivity contribution in [2.24, 2.45) is 0 Å². The highest BCUT2D eigenvalue weighted by Crippen LogP contribution is 2.35. The standard InChI is InChI=1S/C19H12Cl2F3S/c20-14-3-9-17(10-4-14)25(18-11-5-15(21)6-12-18)16-7-1-13(2-8-16)19(22,23)24/h1-12H/q+1. The molecule has 128 valence electrons. The molecule has 0 heterocycles. The van der Waals surface area contributed by atoms with E-state index in [2.05, 4.69) is 0 Å². The van der Waals surface area contributed by atoms with Gasteiger partial charge in [0, 0.05) is 10.0 Å². The summed E-state index contributed by atoms with van der Waals surface area (Å²) < 4.78 is 38.5. The highest BCUT2D eigenvalue weighted by Gasteiger charge is 2.33. The molecule has 0 unspecified atom stereocenters. The molecule has 0 bridgehead atoms. The first-order valence-electron chi connectivity index (χ1n) is 7.27. The molecule has 0 aromatic heterocycles. The van der Waals surface area contributed by atoms with Gasteiger partial charge in [-0.05, 0) is 72.8 Å². The lowest BCUT2D eigenvalue weighted by atomic mass is 10.2. The molecule has 0 aliphatic carbocycles. The average Bonchev–Trinajstić information content (AvgIpc) is 2.58. The van der Waals surface area contributed by atoms with E-state index in [9.17, 15) is 13.2 Å². The van der Waals surface area contributed by atoms with Crippen molar-refractivity contribution in [2.45, 2.75) is 20.9 Å². The van der Waals surface area contributed by atoms with Gasteiger partial charge >= 0.3 is 6.18 Å². The summed E-state index contributed by atoms with van der Waals surface area (Å²) in [7, 11) is -0.551. The average molecular weight is 400 g/mol. The summed E-state index contributed by atoms with van der Waals surface area (Å²) in [5, 5.41) is 1.21. The Kier molecular flexibility index (Phi) is 5.32. The fourth-order valence-electron chi connectivity index (χ4n) is 2.33. The molecule has 0 N–H and O–H groups in total. The summed E-state index contributed by atoms with van der Waals surface area (Å²) in [5.41, 5.74) is -0.660. The highest BCUT2D eigenvalue weighted by atomic mass is 35.5. The van der Waals surface area contributed by atoms with Gasteiger partial charge in [0.2, 0.25) is 0 Å². The maximum absolute atomic E-state index is 12.8. The molecule has 0 saturated heterocycles. The summed E-state index contributed by atoms with van der Waals surface area (Å²) in [6.45, 7) is 0. The number of benzene rings is 3. The van der Waals surface area contributed by atoms with Crippen LogP contribution in [-0.4, -0.2) is 0 Å². The van der Waals surface area contributed by atoms with Gasteiger partial charge in [-0.25, -0.2) is 0 Å². The quantitative estimate of drug-likeness (QED) is 0.411. The van der Waals surface area contributed by atoms with E-state index in [4.69, 9.17) is 23.2 Å². The molecule has 0 aliphatic heterocycles. The van der Waals surface area contributed by atoms with E-state index in [1.807, 2.05) is 24.3 Å². The molecule has 0 fully saturated rings. The summed E-state index contributed by atoms with van der Waals surface area (Å²) in [6.07, 6.45) is -4.35. The third-order valence-electron chi connectivity index (χ3n) is 3.52. The van der Waals surface area contributed by atoms with Crippen LogP contribution < -0.4 is 0 Å². The van der Waals surface area contributed by atoms with Gasteiger partial charge in [-0.2, -0.15) is 13.2 Å². The Labute approximate surface area is 156 Å². The second-order valence-corrected chi connectivity index (χ2v) is 8.14. The van der Waals surface area contributed by atoms with E-state index in [-0.39, 0.29) is 0 Å². The SMILES string of the molecule is FC(F)(F)c1ccc([S+](c2ccc(Cl)cc2)c2ccc(Cl)cc2)cc1. The van der Waals surface area contributed by atoms with Gasteiger partial charge in [-0.1, -0.05) is 23.2 Å². The second kappa shape index (κ2) is 7.32. The molecular weight excluding hydrogens is 388 g/mol. The predicted molar refractivity (Wildman–Crippen MR) is 96.5 cm³/mol. The normalized spacial score (nSPS) is 11.8. The van der Waals surface area contributed by atoms with Crippen LogP contribution in [0.3, 0.4) is 0 Å². The van der Waals surface area contributed by atoms with E-state index < -0.39 is 22.6 Å². The fraction of sp³-hybridized carbons (Fsp3) is 0.0526. The van der Waals surface area contributed by atoms with Gasteiger partial charge in [0.1, 0.15) is 0 Å². The van der Waals surface area contributed by atoms with Crippen LogP contribution in [0.4, 0.5) is 13.2 Å². The third kappa shape index (κ3) is 4.32. The highest BCUT2D eigenvalue weighted by molar-refractivity contribution is 7.97. The maximum atomic E-state index is 12.8. The smallest absolute Gasteiger partial charge is 0.166 e. The van der Waals surface area contributed by atoms with Crippen LogP contribution >= 0.6 is 23.2 Å². The summed E-state index contributed by atoms with van der Waals surface area (Å²) >= 11 is 11.9. The monoisotopic (exact) mass is 399 g/mol. The summed E-state index contributed by atoms with van der Waals surface area (Å²) in [6, 6.07) is 19.9. The van der Waals surface area contributed by atoms with Crippen molar-refractivity contribution in [1.82, 2.24) is 0 Å². The Morgan fingerprint density at radius 3 is 1.20 bits per heavy atom. The Hall–Kier alpha value is -1.62. The van der Waals surface area contributed by atoms with Gasteiger partial charge < -0.3 is 0 Å². The van der Waals surface area contributed by atoms with Crippen molar-refractivity contribution in [3.63, 3.8) is 0 Å². The van der Waals surface area contributed by atoms with Gasteiger partial charge in [-0.15, -0.1) is 0 Å². The fourth-order valence-corrected chi connectivity index (χ4v) is 4.62. The first-order chi connectivity index (χ1) is 11.8. The van der Waals surface area contributed by atoms with Crippen LogP contribution in [-0.2, 0) is 17.1 Å². The van der Waals surface area contributed by atoms with Gasteiger partial charge in [0.25, 0.3) is 0 Å². The first-order valence-corrected chi connectivity index (χ1v) is 9.25. The molecule has 0 saturated carbocycles. The Morgan fingerprint density at radius 2 is 0.880 bits per heavy atom. The van der Waals surface area contributed by atoms with E-state index in [1.54, 1.807) is 24.3 Å². The molecule has 0 spiro atoms. The van der Waals surface area contributed by atoms with Crippen molar-refractivity contribution >= 4 is 34.1 Å². The second-order valence-electron chi connectivity index (χ2n) is 5.24. The molecular formula is C19H12Cl2F3S+. The minimum Gasteiger partial charge on any atom is -0.166 e. The molecule has 3 aromatic carbocycles. The molecule has 3 rings (SSSR count). The molecule has 0 radical (unpaired) electrons. The van der Waals surface area contributed by atoms with Crippen LogP contribution in [0.25, 0.3) is 0 Å². The number of hydrogen-bond donors (Lipinski definition) is 0. The van der Waals surface area contributed by atoms with E-state index in [1.165, 1.54) is 12.1 Å². The predicted octanol–water partition coefficient (Wildman–Crippen LogP) is 7.11. The number of halogens is 5. The Bertz CT molecular complexity index is 796. The minimum absolute atomic E-state index is 0.551. The Balaban J connectivity index is 2.07. The molecule has 0 nitrogen and oxygen atoms in total. The number of alkyl halides is 3. The zero-order chi connectivity index (χ0) is 18.0. The van der Waals surface area contributed by atoms with E-state index in [0.29, 0.717) is 10.0 Å². The van der Waals surface area contributed by atoms with Gasteiger partial charge in [0.05, 0.1) is 16.5 Å². The lowest BCUT2D eigenvalue weighted by molar-refractivity contribution is -0.137. The van der Waals surface area contributed by atoms with Crippen molar-refractivity contribution in [3.8, 4) is 0 Å².